The Labute approximate surface area is 235 Å². The maximum atomic E-state index is 12.3. The number of Topliss-reactive ketones (excluding diaryl/α,β-unsaturated/α-hetero) is 1. The summed E-state index contributed by atoms with van der Waals surface area (Å²) < 4.78 is 11.0. The summed E-state index contributed by atoms with van der Waals surface area (Å²) in [6, 6.07) is 34.2. The number of ether oxygens (including phenoxy) is 2. The van der Waals surface area contributed by atoms with E-state index in [1.165, 1.54) is 11.1 Å². The number of benzene rings is 4. The van der Waals surface area contributed by atoms with Crippen LogP contribution >= 0.6 is 0 Å². The summed E-state index contributed by atoms with van der Waals surface area (Å²) in [5, 5.41) is 2.82. The summed E-state index contributed by atoms with van der Waals surface area (Å²) in [6.07, 6.45) is 0.539. The molecule has 40 heavy (non-hydrogen) atoms. The van der Waals surface area contributed by atoms with Crippen molar-refractivity contribution in [1.29, 1.82) is 0 Å². The average molecular weight is 536 g/mol. The lowest BCUT2D eigenvalue weighted by atomic mass is 9.78. The van der Waals surface area contributed by atoms with Gasteiger partial charge in [-0.1, -0.05) is 86.6 Å². The second kappa shape index (κ2) is 13.4. The molecule has 204 valence electrons. The Bertz CT molecular complexity index is 1410. The van der Waals surface area contributed by atoms with Crippen LogP contribution in [0.2, 0.25) is 0 Å². The molecule has 4 aromatic carbocycles. The molecule has 0 aliphatic rings. The molecule has 0 saturated heterocycles. The van der Waals surface area contributed by atoms with E-state index < -0.39 is 5.97 Å². The van der Waals surface area contributed by atoms with Gasteiger partial charge in [-0.15, -0.1) is 0 Å². The largest absolute Gasteiger partial charge is 0.457 e. The summed E-state index contributed by atoms with van der Waals surface area (Å²) in [5.74, 6) is 0.402. The first-order valence-electron chi connectivity index (χ1n) is 13.3. The van der Waals surface area contributed by atoms with Crippen molar-refractivity contribution in [3.63, 3.8) is 0 Å². The maximum Gasteiger partial charge on any atom is 0.306 e. The van der Waals surface area contributed by atoms with Crippen LogP contribution in [0.1, 0.15) is 54.6 Å². The van der Waals surface area contributed by atoms with Gasteiger partial charge in [0.15, 0.2) is 12.4 Å². The SMILES string of the molecule is CC(C)(c1ccccc1)c1ccc(Oc2ccc(NC(=O)CCCC(=O)OCC(=O)c3ccccc3)cc2)cc1. The Morgan fingerprint density at radius 1 is 0.675 bits per heavy atom. The summed E-state index contributed by atoms with van der Waals surface area (Å²) in [7, 11) is 0. The molecule has 0 aromatic heterocycles. The summed E-state index contributed by atoms with van der Waals surface area (Å²) in [5.41, 5.74) is 3.44. The van der Waals surface area contributed by atoms with Crippen LogP contribution in [0.25, 0.3) is 0 Å². The number of rotatable bonds is 12. The number of ketones is 1. The molecule has 0 saturated carbocycles. The van der Waals surface area contributed by atoms with Gasteiger partial charge in [0, 0.05) is 29.5 Å². The molecule has 0 aliphatic carbocycles. The first-order valence-corrected chi connectivity index (χ1v) is 13.3. The molecular formula is C34H33NO5. The van der Waals surface area contributed by atoms with Gasteiger partial charge in [0.2, 0.25) is 5.91 Å². The summed E-state index contributed by atoms with van der Waals surface area (Å²) in [4.78, 5) is 36.2. The molecule has 0 radical (unpaired) electrons. The zero-order chi connectivity index (χ0) is 28.4. The zero-order valence-electron chi connectivity index (χ0n) is 22.8. The fraction of sp³-hybridized carbons (Fsp3) is 0.206. The fourth-order valence-electron chi connectivity index (χ4n) is 4.25. The van der Waals surface area contributed by atoms with Gasteiger partial charge in [-0.05, 0) is 53.9 Å². The Balaban J connectivity index is 1.19. The number of nitrogens with one attached hydrogen (secondary N) is 1. The van der Waals surface area contributed by atoms with Gasteiger partial charge in [0.05, 0.1) is 0 Å². The van der Waals surface area contributed by atoms with Gasteiger partial charge in [0.1, 0.15) is 11.5 Å². The maximum absolute atomic E-state index is 12.3. The summed E-state index contributed by atoms with van der Waals surface area (Å²) >= 11 is 0. The number of hydrogen-bond acceptors (Lipinski definition) is 5. The van der Waals surface area contributed by atoms with E-state index in [9.17, 15) is 14.4 Å². The highest BCUT2D eigenvalue weighted by molar-refractivity contribution is 5.97. The second-order valence-corrected chi connectivity index (χ2v) is 9.99. The van der Waals surface area contributed by atoms with Crippen LogP contribution in [0, 0.1) is 0 Å². The Hall–Kier alpha value is -4.71. The van der Waals surface area contributed by atoms with E-state index in [1.54, 1.807) is 48.5 Å². The van der Waals surface area contributed by atoms with Crippen LogP contribution in [0.5, 0.6) is 11.5 Å². The molecule has 0 atom stereocenters. The van der Waals surface area contributed by atoms with Crippen molar-refractivity contribution in [3.8, 4) is 11.5 Å². The van der Waals surface area contributed by atoms with Gasteiger partial charge >= 0.3 is 5.97 Å². The van der Waals surface area contributed by atoms with E-state index in [1.807, 2.05) is 24.3 Å². The third-order valence-corrected chi connectivity index (χ3v) is 6.69. The van der Waals surface area contributed by atoms with Gasteiger partial charge in [0.25, 0.3) is 0 Å². The lowest BCUT2D eigenvalue weighted by Crippen LogP contribution is -2.18. The highest BCUT2D eigenvalue weighted by Gasteiger charge is 2.22. The van der Waals surface area contributed by atoms with Crippen molar-refractivity contribution in [2.45, 2.75) is 38.5 Å². The molecule has 0 heterocycles. The number of carbonyl (C=O) groups excluding carboxylic acids is 3. The minimum atomic E-state index is -0.504. The van der Waals surface area contributed by atoms with E-state index in [2.05, 4.69) is 55.6 Å². The summed E-state index contributed by atoms with van der Waals surface area (Å²) in [6.45, 7) is 4.09. The van der Waals surface area contributed by atoms with E-state index in [4.69, 9.17) is 9.47 Å². The number of carbonyl (C=O) groups is 3. The molecule has 0 bridgehead atoms. The first kappa shape index (κ1) is 28.3. The van der Waals surface area contributed by atoms with Gasteiger partial charge in [-0.25, -0.2) is 0 Å². The third kappa shape index (κ3) is 7.90. The molecule has 4 rings (SSSR count). The van der Waals surface area contributed by atoms with Gasteiger partial charge in [-0.3, -0.25) is 14.4 Å². The van der Waals surface area contributed by atoms with Crippen LogP contribution < -0.4 is 10.1 Å². The quantitative estimate of drug-likeness (QED) is 0.152. The van der Waals surface area contributed by atoms with E-state index in [0.29, 0.717) is 23.4 Å². The minimum absolute atomic E-state index is 0.0591. The molecule has 0 spiro atoms. The highest BCUT2D eigenvalue weighted by atomic mass is 16.5. The van der Waals surface area contributed by atoms with Crippen LogP contribution in [0.3, 0.4) is 0 Å². The predicted molar refractivity (Wildman–Crippen MR) is 156 cm³/mol. The molecule has 0 unspecified atom stereocenters. The molecule has 6 heteroatoms. The van der Waals surface area contributed by atoms with Crippen molar-refractivity contribution in [1.82, 2.24) is 0 Å². The van der Waals surface area contributed by atoms with Crippen LogP contribution in [0.15, 0.2) is 109 Å². The number of esters is 1. The van der Waals surface area contributed by atoms with Crippen LogP contribution in [-0.4, -0.2) is 24.3 Å². The van der Waals surface area contributed by atoms with Crippen molar-refractivity contribution >= 4 is 23.3 Å². The van der Waals surface area contributed by atoms with E-state index in [-0.39, 0.29) is 36.6 Å². The van der Waals surface area contributed by atoms with Crippen molar-refractivity contribution < 1.29 is 23.9 Å². The van der Waals surface area contributed by atoms with Crippen LogP contribution in [0.4, 0.5) is 5.69 Å². The highest BCUT2D eigenvalue weighted by Crippen LogP contribution is 2.33. The Morgan fingerprint density at radius 2 is 1.23 bits per heavy atom. The van der Waals surface area contributed by atoms with Crippen LogP contribution in [-0.2, 0) is 19.7 Å². The molecule has 0 fully saturated rings. The normalized spacial score (nSPS) is 10.9. The van der Waals surface area contributed by atoms with Crippen molar-refractivity contribution in [3.05, 3.63) is 126 Å². The van der Waals surface area contributed by atoms with Gasteiger partial charge < -0.3 is 14.8 Å². The number of hydrogen-bond donors (Lipinski definition) is 1. The molecule has 6 nitrogen and oxygen atoms in total. The zero-order valence-corrected chi connectivity index (χ0v) is 22.8. The lowest BCUT2D eigenvalue weighted by Gasteiger charge is -2.26. The molecule has 1 amide bonds. The Kier molecular flexibility index (Phi) is 9.47. The first-order chi connectivity index (χ1) is 19.3. The minimum Gasteiger partial charge on any atom is -0.457 e. The molecular weight excluding hydrogens is 502 g/mol. The topological polar surface area (TPSA) is 81.7 Å². The fourth-order valence-corrected chi connectivity index (χ4v) is 4.25. The second-order valence-electron chi connectivity index (χ2n) is 9.99. The van der Waals surface area contributed by atoms with Crippen molar-refractivity contribution in [2.75, 3.05) is 11.9 Å². The lowest BCUT2D eigenvalue weighted by molar-refractivity contribution is -0.142. The predicted octanol–water partition coefficient (Wildman–Crippen LogP) is 7.34. The molecule has 4 aromatic rings. The number of amides is 1. The standard InChI is InChI=1S/C34H33NO5/c1-34(2,26-12-7-4-8-13-26)27-16-20-29(21-17-27)40-30-22-18-28(19-23-30)35-32(37)14-9-15-33(38)39-24-31(36)25-10-5-3-6-11-25/h3-8,10-13,16-23H,9,14-15,24H2,1-2H3,(H,35,37). The smallest absolute Gasteiger partial charge is 0.306 e. The molecule has 0 aliphatic heterocycles. The number of anilines is 1. The average Bonchev–Trinajstić information content (AvgIpc) is 2.98. The Morgan fingerprint density at radius 3 is 1.85 bits per heavy atom. The monoisotopic (exact) mass is 535 g/mol. The van der Waals surface area contributed by atoms with Crippen molar-refractivity contribution in [2.24, 2.45) is 0 Å². The van der Waals surface area contributed by atoms with E-state index in [0.717, 1.165) is 5.75 Å². The van der Waals surface area contributed by atoms with Gasteiger partial charge in [-0.2, -0.15) is 0 Å². The third-order valence-electron chi connectivity index (χ3n) is 6.69. The van der Waals surface area contributed by atoms with E-state index >= 15 is 0 Å². The molecule has 1 N–H and O–H groups in total.